The van der Waals surface area contributed by atoms with Crippen LogP contribution in [0.15, 0.2) is 18.2 Å². The van der Waals surface area contributed by atoms with Gasteiger partial charge in [0.2, 0.25) is 0 Å². The van der Waals surface area contributed by atoms with Gasteiger partial charge in [0.05, 0.1) is 13.0 Å². The van der Waals surface area contributed by atoms with E-state index in [1.54, 1.807) is 6.07 Å². The number of rotatable bonds is 4. The summed E-state index contributed by atoms with van der Waals surface area (Å²) >= 11 is 0. The summed E-state index contributed by atoms with van der Waals surface area (Å²) in [5.41, 5.74) is 7.12. The molecule has 0 bridgehead atoms. The van der Waals surface area contributed by atoms with Crippen molar-refractivity contribution in [3.8, 4) is 0 Å². The van der Waals surface area contributed by atoms with Gasteiger partial charge in [0, 0.05) is 18.7 Å². The van der Waals surface area contributed by atoms with E-state index in [2.05, 4.69) is 4.90 Å². The molecule has 1 aliphatic heterocycles. The molecular formula is C15H21FN2O2. The van der Waals surface area contributed by atoms with Crippen molar-refractivity contribution >= 4 is 5.97 Å². The number of likely N-dealkylation sites (tertiary alicyclic amines) is 1. The fourth-order valence-corrected chi connectivity index (χ4v) is 2.63. The molecular weight excluding hydrogens is 259 g/mol. The van der Waals surface area contributed by atoms with Crippen molar-refractivity contribution in [2.24, 2.45) is 11.7 Å². The number of carbonyl (C=O) groups is 1. The zero-order valence-corrected chi connectivity index (χ0v) is 11.8. The van der Waals surface area contributed by atoms with E-state index in [1.807, 2.05) is 6.07 Å². The highest BCUT2D eigenvalue weighted by Crippen LogP contribution is 2.20. The van der Waals surface area contributed by atoms with Crippen molar-refractivity contribution in [3.63, 3.8) is 0 Å². The number of esters is 1. The highest BCUT2D eigenvalue weighted by molar-refractivity contribution is 5.72. The maximum Gasteiger partial charge on any atom is 0.308 e. The Labute approximate surface area is 118 Å². The summed E-state index contributed by atoms with van der Waals surface area (Å²) in [5.74, 6) is -0.346. The van der Waals surface area contributed by atoms with Crippen LogP contribution in [-0.2, 0) is 22.6 Å². The molecule has 1 aromatic rings. The van der Waals surface area contributed by atoms with Gasteiger partial charge < -0.3 is 10.5 Å². The molecule has 0 radical (unpaired) electrons. The highest BCUT2D eigenvalue weighted by Gasteiger charge is 2.25. The Balaban J connectivity index is 1.91. The van der Waals surface area contributed by atoms with Gasteiger partial charge in [-0.15, -0.1) is 0 Å². The van der Waals surface area contributed by atoms with E-state index < -0.39 is 0 Å². The molecule has 4 nitrogen and oxygen atoms in total. The van der Waals surface area contributed by atoms with Crippen molar-refractivity contribution in [2.75, 3.05) is 20.2 Å². The van der Waals surface area contributed by atoms with E-state index in [0.717, 1.165) is 38.0 Å². The summed E-state index contributed by atoms with van der Waals surface area (Å²) in [7, 11) is 1.43. The number of nitrogens with two attached hydrogens (primary N) is 1. The fraction of sp³-hybridized carbons (Fsp3) is 0.533. The summed E-state index contributed by atoms with van der Waals surface area (Å²) < 4.78 is 18.2. The maximum atomic E-state index is 13.4. The molecule has 1 aromatic carbocycles. The molecule has 0 atom stereocenters. The van der Waals surface area contributed by atoms with Crippen LogP contribution in [0.5, 0.6) is 0 Å². The molecule has 0 aliphatic carbocycles. The first-order chi connectivity index (χ1) is 9.63. The van der Waals surface area contributed by atoms with Crippen molar-refractivity contribution in [1.29, 1.82) is 0 Å². The predicted molar refractivity (Wildman–Crippen MR) is 74.3 cm³/mol. The summed E-state index contributed by atoms with van der Waals surface area (Å²) in [4.78, 5) is 13.7. The lowest BCUT2D eigenvalue weighted by Gasteiger charge is -2.30. The largest absolute Gasteiger partial charge is 0.469 e. The quantitative estimate of drug-likeness (QED) is 0.852. The first-order valence-electron chi connectivity index (χ1n) is 6.91. The van der Waals surface area contributed by atoms with Gasteiger partial charge in [0.15, 0.2) is 0 Å². The van der Waals surface area contributed by atoms with Crippen LogP contribution >= 0.6 is 0 Å². The van der Waals surface area contributed by atoms with Crippen LogP contribution in [0.2, 0.25) is 0 Å². The minimum Gasteiger partial charge on any atom is -0.469 e. The van der Waals surface area contributed by atoms with Gasteiger partial charge in [-0.2, -0.15) is 0 Å². The van der Waals surface area contributed by atoms with E-state index in [1.165, 1.54) is 13.2 Å². The molecule has 1 aliphatic rings. The molecule has 2 rings (SSSR count). The van der Waals surface area contributed by atoms with Crippen molar-refractivity contribution in [3.05, 3.63) is 35.1 Å². The number of halogens is 1. The van der Waals surface area contributed by atoms with Gasteiger partial charge in [0.1, 0.15) is 5.82 Å². The molecule has 0 spiro atoms. The van der Waals surface area contributed by atoms with Crippen LogP contribution in [0, 0.1) is 11.7 Å². The van der Waals surface area contributed by atoms with Gasteiger partial charge in [-0.05, 0) is 37.6 Å². The molecule has 0 aromatic heterocycles. The van der Waals surface area contributed by atoms with Gasteiger partial charge in [-0.3, -0.25) is 9.69 Å². The second-order valence-corrected chi connectivity index (χ2v) is 5.20. The van der Waals surface area contributed by atoms with E-state index >= 15 is 0 Å². The molecule has 0 amide bonds. The standard InChI is InChI=1S/C15H21FN2O2/c1-20-15(19)12-4-6-18(7-5-12)10-11-2-3-14(16)13(8-11)9-17/h2-3,8,12H,4-7,9-10,17H2,1H3. The number of hydrogen-bond acceptors (Lipinski definition) is 4. The Kier molecular flexibility index (Phi) is 5.09. The summed E-state index contributed by atoms with van der Waals surface area (Å²) in [6.07, 6.45) is 1.63. The van der Waals surface area contributed by atoms with E-state index in [-0.39, 0.29) is 24.2 Å². The van der Waals surface area contributed by atoms with Crippen LogP contribution in [0.3, 0.4) is 0 Å². The van der Waals surface area contributed by atoms with Crippen LogP contribution < -0.4 is 5.73 Å². The van der Waals surface area contributed by atoms with Crippen LogP contribution in [0.25, 0.3) is 0 Å². The molecule has 0 saturated carbocycles. The third-order valence-electron chi connectivity index (χ3n) is 3.86. The lowest BCUT2D eigenvalue weighted by Crippen LogP contribution is -2.36. The predicted octanol–water partition coefficient (Wildman–Crippen LogP) is 1.67. The molecule has 2 N–H and O–H groups in total. The minimum atomic E-state index is -0.249. The fourth-order valence-electron chi connectivity index (χ4n) is 2.63. The SMILES string of the molecule is COC(=O)C1CCN(Cc2ccc(F)c(CN)c2)CC1. The number of nitrogens with zero attached hydrogens (tertiary/aromatic N) is 1. The Morgan fingerprint density at radius 1 is 1.45 bits per heavy atom. The minimum absolute atomic E-state index is 0.0177. The van der Waals surface area contributed by atoms with Gasteiger partial charge >= 0.3 is 5.97 Å². The second-order valence-electron chi connectivity index (χ2n) is 5.20. The molecule has 1 fully saturated rings. The van der Waals surface area contributed by atoms with E-state index in [9.17, 15) is 9.18 Å². The highest BCUT2D eigenvalue weighted by atomic mass is 19.1. The summed E-state index contributed by atoms with van der Waals surface area (Å²) in [5, 5.41) is 0. The molecule has 1 saturated heterocycles. The zero-order chi connectivity index (χ0) is 14.5. The Hall–Kier alpha value is -1.46. The summed E-state index contributed by atoms with van der Waals surface area (Å²) in [6, 6.07) is 5.08. The Morgan fingerprint density at radius 3 is 2.75 bits per heavy atom. The van der Waals surface area contributed by atoms with Crippen molar-refractivity contribution in [1.82, 2.24) is 4.90 Å². The van der Waals surface area contributed by atoms with Crippen LogP contribution in [-0.4, -0.2) is 31.1 Å². The molecule has 5 heteroatoms. The van der Waals surface area contributed by atoms with Crippen molar-refractivity contribution < 1.29 is 13.9 Å². The monoisotopic (exact) mass is 280 g/mol. The number of piperidine rings is 1. The Morgan fingerprint density at radius 2 is 2.15 bits per heavy atom. The molecule has 0 unspecified atom stereocenters. The van der Waals surface area contributed by atoms with E-state index in [4.69, 9.17) is 10.5 Å². The van der Waals surface area contributed by atoms with Crippen molar-refractivity contribution in [2.45, 2.75) is 25.9 Å². The van der Waals surface area contributed by atoms with Gasteiger partial charge in [-0.25, -0.2) is 4.39 Å². The lowest BCUT2D eigenvalue weighted by molar-refractivity contribution is -0.147. The van der Waals surface area contributed by atoms with Gasteiger partial charge in [0.25, 0.3) is 0 Å². The number of methoxy groups -OCH3 is 1. The molecule has 1 heterocycles. The maximum absolute atomic E-state index is 13.4. The number of ether oxygens (including phenoxy) is 1. The topological polar surface area (TPSA) is 55.6 Å². The zero-order valence-electron chi connectivity index (χ0n) is 11.8. The first-order valence-corrected chi connectivity index (χ1v) is 6.91. The number of hydrogen-bond donors (Lipinski definition) is 1. The Bertz CT molecular complexity index is 471. The first kappa shape index (κ1) is 14.9. The number of benzene rings is 1. The smallest absolute Gasteiger partial charge is 0.308 e. The average Bonchev–Trinajstić information content (AvgIpc) is 2.49. The third kappa shape index (κ3) is 3.55. The molecule has 110 valence electrons. The normalized spacial score (nSPS) is 17.1. The summed E-state index contributed by atoms with van der Waals surface area (Å²) in [6.45, 7) is 2.69. The lowest BCUT2D eigenvalue weighted by atomic mass is 9.96. The molecule has 20 heavy (non-hydrogen) atoms. The second kappa shape index (κ2) is 6.81. The third-order valence-corrected chi connectivity index (χ3v) is 3.86. The van der Waals surface area contributed by atoms with Gasteiger partial charge in [-0.1, -0.05) is 12.1 Å². The average molecular weight is 280 g/mol. The van der Waals surface area contributed by atoms with E-state index in [0.29, 0.717) is 5.56 Å². The van der Waals surface area contributed by atoms with Crippen LogP contribution in [0.4, 0.5) is 4.39 Å². The van der Waals surface area contributed by atoms with Crippen LogP contribution in [0.1, 0.15) is 24.0 Å². The number of carbonyl (C=O) groups excluding carboxylic acids is 1.